The molecule has 2 rings (SSSR count). The van der Waals surface area contributed by atoms with Crippen LogP contribution in [0.1, 0.15) is 44.5 Å². The van der Waals surface area contributed by atoms with Crippen molar-refractivity contribution in [2.45, 2.75) is 58.5 Å². The van der Waals surface area contributed by atoms with Gasteiger partial charge in [-0.3, -0.25) is 4.98 Å². The molecule has 22 heavy (non-hydrogen) atoms. The second kappa shape index (κ2) is 5.44. The number of ether oxygens (including phenoxy) is 1. The zero-order valence-corrected chi connectivity index (χ0v) is 13.0. The number of rotatable bonds is 0. The van der Waals surface area contributed by atoms with Crippen LogP contribution in [0.4, 0.5) is 18.0 Å². The minimum Gasteiger partial charge on any atom is -0.444 e. The van der Waals surface area contributed by atoms with Crippen LogP contribution in [0.2, 0.25) is 0 Å². The fraction of sp³-hybridized carbons (Fsp3) is 0.600. The van der Waals surface area contributed by atoms with Crippen molar-refractivity contribution in [2.24, 2.45) is 0 Å². The number of carbonyl (C=O) groups excluding carboxylic acids is 1. The lowest BCUT2D eigenvalue weighted by atomic mass is 9.99. The van der Waals surface area contributed by atoms with Gasteiger partial charge in [0.05, 0.1) is 12.1 Å². The molecule has 0 saturated carbocycles. The van der Waals surface area contributed by atoms with Crippen LogP contribution in [0.15, 0.2) is 12.3 Å². The molecule has 1 atom stereocenters. The fourth-order valence-corrected chi connectivity index (χ4v) is 2.31. The predicted octanol–water partition coefficient (Wildman–Crippen LogP) is 3.78. The molecule has 0 radical (unpaired) electrons. The summed E-state index contributed by atoms with van der Waals surface area (Å²) < 4.78 is 43.6. The number of alkyl halides is 3. The maximum atomic E-state index is 12.8. The lowest BCUT2D eigenvalue weighted by Gasteiger charge is -2.35. The highest BCUT2D eigenvalue weighted by Gasteiger charge is 2.35. The van der Waals surface area contributed by atoms with Crippen LogP contribution in [0.3, 0.4) is 0 Å². The highest BCUT2D eigenvalue weighted by molar-refractivity contribution is 5.69. The van der Waals surface area contributed by atoms with Gasteiger partial charge < -0.3 is 9.64 Å². The molecule has 1 aromatic heterocycles. The zero-order valence-electron chi connectivity index (χ0n) is 13.0. The summed E-state index contributed by atoms with van der Waals surface area (Å²) in [6, 6.07) is 0.887. The van der Waals surface area contributed by atoms with E-state index in [0.717, 1.165) is 12.3 Å². The summed E-state index contributed by atoms with van der Waals surface area (Å²) in [5, 5.41) is 0. The van der Waals surface area contributed by atoms with Gasteiger partial charge in [-0.25, -0.2) is 4.79 Å². The molecule has 4 nitrogen and oxygen atoms in total. The van der Waals surface area contributed by atoms with E-state index < -0.39 is 23.4 Å². The topological polar surface area (TPSA) is 42.4 Å². The van der Waals surface area contributed by atoms with E-state index in [1.54, 1.807) is 20.8 Å². The van der Waals surface area contributed by atoms with Gasteiger partial charge in [0, 0.05) is 24.4 Å². The quantitative estimate of drug-likeness (QED) is 0.731. The molecule has 0 N–H and O–H groups in total. The summed E-state index contributed by atoms with van der Waals surface area (Å²) in [6.07, 6.45) is -3.72. The maximum Gasteiger partial charge on any atom is 0.417 e. The molecule has 1 aliphatic heterocycles. The molecular formula is C15H19F3N2O2. The minimum atomic E-state index is -4.44. The first-order valence-electron chi connectivity index (χ1n) is 7.02. The number of fused-ring (bicyclic) bond motifs is 1. The minimum absolute atomic E-state index is 0.0718. The van der Waals surface area contributed by atoms with E-state index >= 15 is 0 Å². The Balaban J connectivity index is 2.25. The van der Waals surface area contributed by atoms with Crippen LogP contribution in [0.5, 0.6) is 0 Å². The Morgan fingerprint density at radius 1 is 1.36 bits per heavy atom. The summed E-state index contributed by atoms with van der Waals surface area (Å²) in [6.45, 7) is 7.14. The third-order valence-corrected chi connectivity index (χ3v) is 3.38. The molecule has 0 aromatic carbocycles. The average molecular weight is 316 g/mol. The molecule has 0 bridgehead atoms. The van der Waals surface area contributed by atoms with Crippen molar-refractivity contribution in [3.05, 3.63) is 29.1 Å². The molecule has 2 heterocycles. The van der Waals surface area contributed by atoms with E-state index in [1.165, 1.54) is 4.90 Å². The largest absolute Gasteiger partial charge is 0.444 e. The average Bonchev–Trinajstić information content (AvgIpc) is 2.34. The van der Waals surface area contributed by atoms with Crippen molar-refractivity contribution in [3.63, 3.8) is 0 Å². The molecule has 1 unspecified atom stereocenters. The molecule has 0 aliphatic carbocycles. The van der Waals surface area contributed by atoms with Gasteiger partial charge in [-0.2, -0.15) is 13.2 Å². The van der Waals surface area contributed by atoms with Gasteiger partial charge >= 0.3 is 12.3 Å². The number of aromatic nitrogens is 1. The number of nitrogens with zero attached hydrogens (tertiary/aromatic N) is 2. The first-order chi connectivity index (χ1) is 9.97. The Hall–Kier alpha value is -1.79. The summed E-state index contributed by atoms with van der Waals surface area (Å²) in [5.41, 5.74) is -0.438. The van der Waals surface area contributed by atoms with Crippen LogP contribution in [-0.2, 0) is 23.9 Å². The Kier molecular flexibility index (Phi) is 4.10. The summed E-state index contributed by atoms with van der Waals surface area (Å²) in [5.74, 6) is 0. The van der Waals surface area contributed by atoms with Crippen molar-refractivity contribution < 1.29 is 22.7 Å². The van der Waals surface area contributed by atoms with E-state index in [9.17, 15) is 18.0 Å². The number of halogens is 3. The van der Waals surface area contributed by atoms with Gasteiger partial charge in [-0.15, -0.1) is 0 Å². The van der Waals surface area contributed by atoms with E-state index in [2.05, 4.69) is 4.98 Å². The summed E-state index contributed by atoms with van der Waals surface area (Å²) in [4.78, 5) is 17.5. The van der Waals surface area contributed by atoms with Gasteiger partial charge in [0.1, 0.15) is 5.60 Å². The van der Waals surface area contributed by atoms with E-state index in [4.69, 9.17) is 4.74 Å². The first-order valence-corrected chi connectivity index (χ1v) is 7.02. The molecule has 7 heteroatoms. The van der Waals surface area contributed by atoms with Gasteiger partial charge in [-0.1, -0.05) is 0 Å². The fourth-order valence-electron chi connectivity index (χ4n) is 2.31. The third kappa shape index (κ3) is 3.69. The van der Waals surface area contributed by atoms with Crippen molar-refractivity contribution in [1.29, 1.82) is 0 Å². The van der Waals surface area contributed by atoms with Crippen LogP contribution in [0.25, 0.3) is 0 Å². The van der Waals surface area contributed by atoms with Crippen LogP contribution in [-0.4, -0.2) is 27.6 Å². The van der Waals surface area contributed by atoms with Crippen LogP contribution >= 0.6 is 0 Å². The van der Waals surface area contributed by atoms with Crippen LogP contribution < -0.4 is 0 Å². The van der Waals surface area contributed by atoms with E-state index in [0.29, 0.717) is 17.7 Å². The molecule has 0 fully saturated rings. The second-order valence-electron chi connectivity index (χ2n) is 6.49. The van der Waals surface area contributed by atoms with E-state index in [1.807, 2.05) is 6.92 Å². The van der Waals surface area contributed by atoms with Crippen molar-refractivity contribution in [3.8, 4) is 0 Å². The van der Waals surface area contributed by atoms with E-state index in [-0.39, 0.29) is 12.6 Å². The predicted molar refractivity (Wildman–Crippen MR) is 74.2 cm³/mol. The number of amides is 1. The van der Waals surface area contributed by atoms with Gasteiger partial charge in [0.25, 0.3) is 0 Å². The van der Waals surface area contributed by atoms with Crippen molar-refractivity contribution >= 4 is 6.09 Å². The van der Waals surface area contributed by atoms with Crippen LogP contribution in [0, 0.1) is 0 Å². The Morgan fingerprint density at radius 2 is 2.00 bits per heavy atom. The Labute approximate surface area is 127 Å². The van der Waals surface area contributed by atoms with Crippen molar-refractivity contribution in [1.82, 2.24) is 9.88 Å². The number of hydrogen-bond donors (Lipinski definition) is 0. The second-order valence-corrected chi connectivity index (χ2v) is 6.49. The standard InChI is InChI=1S/C15H19F3N2O2/c1-9-5-12-10(6-11(7-19-12)15(16,17)18)8-20(9)13(21)22-14(2,3)4/h6-7,9H,5,8H2,1-4H3. The Bertz CT molecular complexity index is 579. The molecule has 1 aliphatic rings. The van der Waals surface area contributed by atoms with Crippen molar-refractivity contribution in [2.75, 3.05) is 0 Å². The van der Waals surface area contributed by atoms with Gasteiger partial charge in [0.2, 0.25) is 0 Å². The number of hydrogen-bond acceptors (Lipinski definition) is 3. The molecule has 0 spiro atoms. The highest BCUT2D eigenvalue weighted by atomic mass is 19.4. The molecular weight excluding hydrogens is 297 g/mol. The highest BCUT2D eigenvalue weighted by Crippen LogP contribution is 2.32. The number of carbonyl (C=O) groups is 1. The molecule has 122 valence electrons. The normalized spacial score (nSPS) is 18.9. The first kappa shape index (κ1) is 16.6. The maximum absolute atomic E-state index is 12.8. The number of pyridine rings is 1. The SMILES string of the molecule is CC1Cc2ncc(C(F)(F)F)cc2CN1C(=O)OC(C)(C)C. The zero-order chi connectivity index (χ0) is 16.7. The lowest BCUT2D eigenvalue weighted by molar-refractivity contribution is -0.137. The third-order valence-electron chi connectivity index (χ3n) is 3.38. The molecule has 1 aromatic rings. The lowest BCUT2D eigenvalue weighted by Crippen LogP contribution is -2.45. The molecule has 1 amide bonds. The summed E-state index contributed by atoms with van der Waals surface area (Å²) >= 11 is 0. The summed E-state index contributed by atoms with van der Waals surface area (Å²) in [7, 11) is 0. The van der Waals surface area contributed by atoms with Gasteiger partial charge in [0.15, 0.2) is 0 Å². The van der Waals surface area contributed by atoms with Gasteiger partial charge in [-0.05, 0) is 39.3 Å². The Morgan fingerprint density at radius 3 is 2.55 bits per heavy atom. The molecule has 0 saturated heterocycles. The monoisotopic (exact) mass is 316 g/mol. The smallest absolute Gasteiger partial charge is 0.417 e.